The molecular weight excluding hydrogens is 220 g/mol. The van der Waals surface area contributed by atoms with Crippen LogP contribution in [0.2, 0.25) is 0 Å². The summed E-state index contributed by atoms with van der Waals surface area (Å²) in [6.45, 7) is 1.68. The van der Waals surface area contributed by atoms with Gasteiger partial charge in [0.25, 0.3) is 5.89 Å². The molecule has 1 unspecified atom stereocenters. The Balaban J connectivity index is 2.18. The average Bonchev–Trinajstić information content (AvgIpc) is 2.77. The molecule has 0 radical (unpaired) electrons. The van der Waals surface area contributed by atoms with Crippen molar-refractivity contribution in [2.75, 3.05) is 7.11 Å². The number of benzene rings is 1. The Morgan fingerprint density at radius 3 is 2.65 bits per heavy atom. The third-order valence-corrected chi connectivity index (χ3v) is 2.28. The smallest absolute Gasteiger partial charge is 0.257 e. The average molecular weight is 234 g/mol. The van der Waals surface area contributed by atoms with Gasteiger partial charge in [0.15, 0.2) is 5.82 Å². The maximum atomic E-state index is 9.22. The summed E-state index contributed by atoms with van der Waals surface area (Å²) in [5, 5.41) is 13.0. The molecule has 0 aliphatic heterocycles. The predicted molar refractivity (Wildman–Crippen MR) is 61.7 cm³/mol. The number of nitrogens with zero attached hydrogens (tertiary/aromatic N) is 2. The van der Waals surface area contributed by atoms with Crippen molar-refractivity contribution < 1.29 is 14.4 Å². The second-order valence-corrected chi connectivity index (χ2v) is 3.80. The normalized spacial score (nSPS) is 12.4. The van der Waals surface area contributed by atoms with Crippen LogP contribution in [0.1, 0.15) is 12.7 Å². The van der Waals surface area contributed by atoms with Crippen LogP contribution in [0.3, 0.4) is 0 Å². The van der Waals surface area contributed by atoms with Crippen LogP contribution in [0.5, 0.6) is 5.75 Å². The number of methoxy groups -OCH3 is 1. The second-order valence-electron chi connectivity index (χ2n) is 3.80. The van der Waals surface area contributed by atoms with E-state index in [4.69, 9.17) is 9.26 Å². The third kappa shape index (κ3) is 2.82. The highest BCUT2D eigenvalue weighted by Crippen LogP contribution is 2.20. The summed E-state index contributed by atoms with van der Waals surface area (Å²) in [5.74, 6) is 1.73. The monoisotopic (exact) mass is 234 g/mol. The largest absolute Gasteiger partial charge is 0.497 e. The summed E-state index contributed by atoms with van der Waals surface area (Å²) in [7, 11) is 1.61. The fraction of sp³-hybridized carbons (Fsp3) is 0.333. The highest BCUT2D eigenvalue weighted by Gasteiger charge is 2.10. The van der Waals surface area contributed by atoms with Crippen molar-refractivity contribution in [2.24, 2.45) is 0 Å². The van der Waals surface area contributed by atoms with Crippen molar-refractivity contribution in [3.8, 4) is 17.2 Å². The van der Waals surface area contributed by atoms with Crippen molar-refractivity contribution in [3.63, 3.8) is 0 Å². The molecule has 0 bridgehead atoms. The number of hydrogen-bond acceptors (Lipinski definition) is 5. The molecule has 0 aliphatic rings. The first-order valence-corrected chi connectivity index (χ1v) is 5.34. The zero-order valence-electron chi connectivity index (χ0n) is 9.75. The number of aromatic nitrogens is 2. The molecule has 1 heterocycles. The highest BCUT2D eigenvalue weighted by atomic mass is 16.5. The van der Waals surface area contributed by atoms with E-state index in [2.05, 4.69) is 10.1 Å². The van der Waals surface area contributed by atoms with Crippen molar-refractivity contribution >= 4 is 0 Å². The van der Waals surface area contributed by atoms with Gasteiger partial charge < -0.3 is 14.4 Å². The lowest BCUT2D eigenvalue weighted by atomic mass is 10.2. The van der Waals surface area contributed by atoms with E-state index >= 15 is 0 Å². The molecule has 1 N–H and O–H groups in total. The number of aliphatic hydroxyl groups is 1. The minimum absolute atomic E-state index is 0.389. The number of aliphatic hydroxyl groups excluding tert-OH is 1. The van der Waals surface area contributed by atoms with E-state index in [1.807, 2.05) is 24.3 Å². The van der Waals surface area contributed by atoms with Crippen LogP contribution >= 0.6 is 0 Å². The first kappa shape index (κ1) is 11.6. The van der Waals surface area contributed by atoms with Crippen LogP contribution in [-0.4, -0.2) is 28.5 Å². The maximum absolute atomic E-state index is 9.22. The molecule has 1 atom stereocenters. The van der Waals surface area contributed by atoms with E-state index in [-0.39, 0.29) is 0 Å². The summed E-state index contributed by atoms with van der Waals surface area (Å²) in [6.07, 6.45) is -0.0871. The molecule has 0 saturated carbocycles. The van der Waals surface area contributed by atoms with E-state index in [1.54, 1.807) is 14.0 Å². The predicted octanol–water partition coefficient (Wildman–Crippen LogP) is 1.67. The maximum Gasteiger partial charge on any atom is 0.257 e. The van der Waals surface area contributed by atoms with E-state index in [0.717, 1.165) is 11.3 Å². The van der Waals surface area contributed by atoms with Gasteiger partial charge in [-0.2, -0.15) is 4.98 Å². The number of rotatable bonds is 4. The van der Waals surface area contributed by atoms with Crippen LogP contribution in [0.4, 0.5) is 0 Å². The van der Waals surface area contributed by atoms with Crippen LogP contribution in [0.15, 0.2) is 28.8 Å². The van der Waals surface area contributed by atoms with E-state index in [9.17, 15) is 5.11 Å². The van der Waals surface area contributed by atoms with Gasteiger partial charge in [-0.25, -0.2) is 0 Å². The van der Waals surface area contributed by atoms with Gasteiger partial charge in [0, 0.05) is 12.0 Å². The summed E-state index contributed by atoms with van der Waals surface area (Å²) in [6, 6.07) is 7.35. The molecule has 5 heteroatoms. The molecular formula is C12H14N2O3. The topological polar surface area (TPSA) is 68.4 Å². The first-order chi connectivity index (χ1) is 8.19. The molecule has 5 nitrogen and oxygen atoms in total. The molecule has 17 heavy (non-hydrogen) atoms. The van der Waals surface area contributed by atoms with Gasteiger partial charge in [-0.15, -0.1) is 0 Å². The first-order valence-electron chi connectivity index (χ1n) is 5.34. The van der Waals surface area contributed by atoms with Crippen LogP contribution in [0, 0.1) is 0 Å². The lowest BCUT2D eigenvalue weighted by Gasteiger charge is -1.99. The molecule has 2 aromatic rings. The Morgan fingerprint density at radius 2 is 2.06 bits per heavy atom. The quantitative estimate of drug-likeness (QED) is 0.871. The Hall–Kier alpha value is -1.88. The van der Waals surface area contributed by atoms with Crippen LogP contribution < -0.4 is 4.74 Å². The van der Waals surface area contributed by atoms with Crippen LogP contribution in [0.25, 0.3) is 11.5 Å². The molecule has 0 saturated heterocycles. The van der Waals surface area contributed by atoms with Crippen molar-refractivity contribution in [2.45, 2.75) is 19.4 Å². The fourth-order valence-corrected chi connectivity index (χ4v) is 1.45. The Kier molecular flexibility index (Phi) is 3.39. The van der Waals surface area contributed by atoms with Gasteiger partial charge >= 0.3 is 0 Å². The van der Waals surface area contributed by atoms with Gasteiger partial charge in [0.05, 0.1) is 13.2 Å². The number of hydrogen-bond donors (Lipinski definition) is 1. The molecule has 90 valence electrons. The summed E-state index contributed by atoms with van der Waals surface area (Å²) >= 11 is 0. The second kappa shape index (κ2) is 4.97. The highest BCUT2D eigenvalue weighted by molar-refractivity contribution is 5.54. The molecule has 0 fully saturated rings. The van der Waals surface area contributed by atoms with Gasteiger partial charge in [-0.1, -0.05) is 5.16 Å². The molecule has 0 aliphatic carbocycles. The third-order valence-electron chi connectivity index (χ3n) is 2.28. The Morgan fingerprint density at radius 1 is 1.35 bits per heavy atom. The Labute approximate surface area is 99.0 Å². The van der Waals surface area contributed by atoms with Gasteiger partial charge in [0.1, 0.15) is 5.75 Å². The Bertz CT molecular complexity index is 477. The van der Waals surface area contributed by atoms with Crippen LogP contribution in [-0.2, 0) is 6.42 Å². The molecule has 0 spiro atoms. The lowest BCUT2D eigenvalue weighted by molar-refractivity contribution is 0.191. The van der Waals surface area contributed by atoms with Gasteiger partial charge in [0.2, 0.25) is 0 Å². The van der Waals surface area contributed by atoms with Crippen molar-refractivity contribution in [3.05, 3.63) is 30.1 Å². The zero-order valence-corrected chi connectivity index (χ0v) is 9.75. The number of ether oxygens (including phenoxy) is 1. The van der Waals surface area contributed by atoms with E-state index in [0.29, 0.717) is 18.1 Å². The molecule has 0 amide bonds. The fourth-order valence-electron chi connectivity index (χ4n) is 1.45. The van der Waals surface area contributed by atoms with E-state index < -0.39 is 6.10 Å². The van der Waals surface area contributed by atoms with E-state index in [1.165, 1.54) is 0 Å². The minimum atomic E-state index is -0.476. The van der Waals surface area contributed by atoms with Crippen molar-refractivity contribution in [1.82, 2.24) is 10.1 Å². The summed E-state index contributed by atoms with van der Waals surface area (Å²) in [5.41, 5.74) is 0.829. The van der Waals surface area contributed by atoms with Crippen molar-refractivity contribution in [1.29, 1.82) is 0 Å². The van der Waals surface area contributed by atoms with Gasteiger partial charge in [-0.05, 0) is 31.2 Å². The molecule has 2 rings (SSSR count). The minimum Gasteiger partial charge on any atom is -0.497 e. The standard InChI is InChI=1S/C12H14N2O3/c1-8(15)7-11-13-12(17-14-11)9-3-5-10(16-2)6-4-9/h3-6,8,15H,7H2,1-2H3. The lowest BCUT2D eigenvalue weighted by Crippen LogP contribution is -2.05. The molecule has 1 aromatic carbocycles. The zero-order chi connectivity index (χ0) is 12.3. The summed E-state index contributed by atoms with van der Waals surface area (Å²) < 4.78 is 10.2. The summed E-state index contributed by atoms with van der Waals surface area (Å²) in [4.78, 5) is 4.20. The molecule has 1 aromatic heterocycles. The SMILES string of the molecule is COc1ccc(-c2nc(CC(C)O)no2)cc1. The van der Waals surface area contributed by atoms with Gasteiger partial charge in [-0.3, -0.25) is 0 Å².